The lowest BCUT2D eigenvalue weighted by atomic mass is 9.68. The van der Waals surface area contributed by atoms with Gasteiger partial charge in [0.05, 0.1) is 34.7 Å². The van der Waals surface area contributed by atoms with Crippen LogP contribution in [0.15, 0.2) is 58.4 Å². The Bertz CT molecular complexity index is 1810. The average Bonchev–Trinajstić information content (AvgIpc) is 3.83. The highest BCUT2D eigenvalue weighted by molar-refractivity contribution is 8.00. The van der Waals surface area contributed by atoms with Gasteiger partial charge in [0.1, 0.15) is 5.75 Å². The van der Waals surface area contributed by atoms with Crippen LogP contribution in [-0.2, 0) is 19.1 Å². The lowest BCUT2D eigenvalue weighted by molar-refractivity contribution is -0.134. The second-order valence-corrected chi connectivity index (χ2v) is 15.2. The fraction of sp³-hybridized carbons (Fsp3) is 0.457. The van der Waals surface area contributed by atoms with E-state index in [0.717, 1.165) is 54.2 Å². The van der Waals surface area contributed by atoms with Crippen molar-refractivity contribution in [2.45, 2.75) is 48.8 Å². The van der Waals surface area contributed by atoms with Gasteiger partial charge in [0.15, 0.2) is 6.61 Å². The highest BCUT2D eigenvalue weighted by Crippen LogP contribution is 2.69. The molecule has 0 spiro atoms. The minimum absolute atomic E-state index is 0.00404. The van der Waals surface area contributed by atoms with Gasteiger partial charge in [-0.15, -0.1) is 11.8 Å². The maximum atomic E-state index is 14.2. The molecule has 1 N–H and O–H groups in total. The molecule has 2 saturated carbocycles. The first-order valence-electron chi connectivity index (χ1n) is 16.4. The molecule has 244 valence electrons. The average molecular weight is 674 g/mol. The number of carbonyl (C=O) groups is 4. The fourth-order valence-corrected chi connectivity index (χ4v) is 11.7. The number of amides is 3. The van der Waals surface area contributed by atoms with Crippen molar-refractivity contribution in [2.75, 3.05) is 31.2 Å². The maximum absolute atomic E-state index is 14.2. The number of likely N-dealkylation sites (tertiary alicyclic amines) is 1. The second-order valence-electron chi connectivity index (χ2n) is 13.0. The molecule has 3 aliphatic heterocycles. The normalized spacial score (nSPS) is 29.0. The molecule has 7 atom stereocenters. The van der Waals surface area contributed by atoms with Crippen LogP contribution >= 0.6 is 23.1 Å². The molecule has 8 rings (SSSR count). The Labute approximate surface area is 279 Å². The number of imide groups is 1. The Kier molecular flexibility index (Phi) is 7.75. The zero-order valence-electron chi connectivity index (χ0n) is 25.9. The summed E-state index contributed by atoms with van der Waals surface area (Å²) in [6, 6.07) is 14.2. The van der Waals surface area contributed by atoms with Crippen LogP contribution in [0.25, 0.3) is 0 Å². The highest BCUT2D eigenvalue weighted by Gasteiger charge is 2.69. The summed E-state index contributed by atoms with van der Waals surface area (Å²) in [4.78, 5) is 73.1. The molecule has 1 aromatic heterocycles. The minimum Gasteiger partial charge on any atom is -0.483 e. The number of carbonyl (C=O) groups excluding carboxylic acids is 4. The molecule has 5 aliphatic rings. The molecule has 4 heterocycles. The third kappa shape index (κ3) is 4.94. The Balaban J connectivity index is 1.11. The molecule has 3 amide bonds. The van der Waals surface area contributed by atoms with Gasteiger partial charge >= 0.3 is 10.8 Å². The minimum atomic E-state index is -0.465. The monoisotopic (exact) mass is 673 g/mol. The molecular weight excluding hydrogens is 639 g/mol. The largest absolute Gasteiger partial charge is 0.483 e. The van der Waals surface area contributed by atoms with Crippen molar-refractivity contribution in [1.82, 2.24) is 9.88 Å². The first-order valence-corrected chi connectivity index (χ1v) is 18.1. The van der Waals surface area contributed by atoms with Crippen LogP contribution in [0.5, 0.6) is 5.75 Å². The summed E-state index contributed by atoms with van der Waals surface area (Å²) in [6.07, 6.45) is 3.90. The molecular formula is C35H35N3O7S2. The number of fused-ring (bicyclic) bond motifs is 9. The summed E-state index contributed by atoms with van der Waals surface area (Å²) in [5.41, 5.74) is 1.71. The summed E-state index contributed by atoms with van der Waals surface area (Å²) in [5.74, 6) is -1.51. The molecule has 2 saturated heterocycles. The highest BCUT2D eigenvalue weighted by atomic mass is 32.2. The SMILES string of the molecule is CCOC(=O)c1ccc(N2C(=O)C3C(C2=O)[C@@H]2C[C@H]3C3Sc4[nH]c(=O)sc4[C@H](c4ccccc4OCC(=O)N4CCCCC4)C32)cc1. The number of aromatic amines is 1. The van der Waals surface area contributed by atoms with E-state index in [2.05, 4.69) is 4.98 Å². The number of hydrogen-bond acceptors (Lipinski definition) is 9. The molecule has 12 heteroatoms. The van der Waals surface area contributed by atoms with Gasteiger partial charge in [-0.25, -0.2) is 4.79 Å². The smallest absolute Gasteiger partial charge is 0.338 e. The van der Waals surface area contributed by atoms with Crippen LogP contribution in [0.3, 0.4) is 0 Å². The van der Waals surface area contributed by atoms with Crippen molar-refractivity contribution >= 4 is 52.5 Å². The van der Waals surface area contributed by atoms with Crippen LogP contribution in [0.2, 0.25) is 0 Å². The van der Waals surface area contributed by atoms with E-state index in [4.69, 9.17) is 9.47 Å². The number of thiazole rings is 1. The van der Waals surface area contributed by atoms with Gasteiger partial charge < -0.3 is 19.4 Å². The van der Waals surface area contributed by atoms with E-state index in [1.165, 1.54) is 16.2 Å². The summed E-state index contributed by atoms with van der Waals surface area (Å²) < 4.78 is 11.3. The van der Waals surface area contributed by atoms with Crippen molar-refractivity contribution in [3.8, 4) is 5.75 Å². The van der Waals surface area contributed by atoms with Gasteiger partial charge in [-0.3, -0.25) is 24.1 Å². The molecule has 10 nitrogen and oxygen atoms in total. The zero-order valence-corrected chi connectivity index (χ0v) is 27.5. The maximum Gasteiger partial charge on any atom is 0.338 e. The van der Waals surface area contributed by atoms with E-state index in [1.54, 1.807) is 43.0 Å². The summed E-state index contributed by atoms with van der Waals surface area (Å²) >= 11 is 2.83. The summed E-state index contributed by atoms with van der Waals surface area (Å²) in [5, 5.41) is 0.840. The van der Waals surface area contributed by atoms with Crippen molar-refractivity contribution in [3.63, 3.8) is 0 Å². The number of nitrogens with zero attached hydrogens (tertiary/aromatic N) is 2. The molecule has 0 radical (unpaired) electrons. The Morgan fingerprint density at radius 3 is 2.40 bits per heavy atom. The molecule has 2 bridgehead atoms. The molecule has 2 aliphatic carbocycles. The fourth-order valence-electron chi connectivity index (χ4n) is 8.82. The quantitative estimate of drug-likeness (QED) is 0.283. The number of esters is 1. The van der Waals surface area contributed by atoms with Gasteiger partial charge in [-0.1, -0.05) is 29.5 Å². The Hall–Kier alpha value is -3.90. The first-order chi connectivity index (χ1) is 22.9. The van der Waals surface area contributed by atoms with Gasteiger partial charge in [0.2, 0.25) is 11.8 Å². The van der Waals surface area contributed by atoms with Crippen molar-refractivity contribution in [1.29, 1.82) is 0 Å². The van der Waals surface area contributed by atoms with Crippen LogP contribution in [-0.4, -0.2) is 65.1 Å². The number of piperidine rings is 1. The second kappa shape index (κ2) is 12.0. The molecule has 4 unspecified atom stereocenters. The third-order valence-electron chi connectivity index (χ3n) is 10.7. The van der Waals surface area contributed by atoms with E-state index < -0.39 is 17.8 Å². The number of ether oxygens (including phenoxy) is 2. The number of aromatic nitrogens is 1. The number of hydrogen-bond donors (Lipinski definition) is 1. The van der Waals surface area contributed by atoms with Crippen LogP contribution in [0.1, 0.15) is 59.3 Å². The number of benzene rings is 2. The summed E-state index contributed by atoms with van der Waals surface area (Å²) in [7, 11) is 0. The Morgan fingerprint density at radius 2 is 1.66 bits per heavy atom. The summed E-state index contributed by atoms with van der Waals surface area (Å²) in [6.45, 7) is 3.43. The van der Waals surface area contributed by atoms with E-state index in [0.29, 0.717) is 17.0 Å². The predicted molar refractivity (Wildman–Crippen MR) is 176 cm³/mol. The van der Waals surface area contributed by atoms with Crippen LogP contribution < -0.4 is 14.5 Å². The van der Waals surface area contributed by atoms with Crippen molar-refractivity contribution < 1.29 is 28.7 Å². The first kappa shape index (κ1) is 30.4. The number of anilines is 1. The number of para-hydroxylation sites is 1. The predicted octanol–water partition coefficient (Wildman–Crippen LogP) is 4.68. The number of H-pyrrole nitrogens is 1. The van der Waals surface area contributed by atoms with E-state index in [9.17, 15) is 24.0 Å². The molecule has 4 fully saturated rings. The Morgan fingerprint density at radius 1 is 0.936 bits per heavy atom. The lowest BCUT2D eigenvalue weighted by Gasteiger charge is -2.43. The van der Waals surface area contributed by atoms with Gasteiger partial charge in [0, 0.05) is 34.7 Å². The van der Waals surface area contributed by atoms with E-state index in [-0.39, 0.29) is 64.7 Å². The molecule has 2 aromatic carbocycles. The molecule has 47 heavy (non-hydrogen) atoms. The third-order valence-corrected chi connectivity index (χ3v) is 13.3. The lowest BCUT2D eigenvalue weighted by Crippen LogP contribution is -2.43. The van der Waals surface area contributed by atoms with Crippen molar-refractivity contribution in [3.05, 3.63) is 74.2 Å². The number of nitrogens with one attached hydrogen (secondary N) is 1. The number of thioether (sulfide) groups is 1. The molecule has 3 aromatic rings. The topological polar surface area (TPSA) is 126 Å². The van der Waals surface area contributed by atoms with Crippen molar-refractivity contribution in [2.24, 2.45) is 29.6 Å². The van der Waals surface area contributed by atoms with Crippen LogP contribution in [0, 0.1) is 29.6 Å². The van der Waals surface area contributed by atoms with E-state index in [1.807, 2.05) is 29.2 Å². The van der Waals surface area contributed by atoms with Gasteiger partial charge in [-0.05, 0) is 80.7 Å². The van der Waals surface area contributed by atoms with Crippen LogP contribution in [0.4, 0.5) is 5.69 Å². The van der Waals surface area contributed by atoms with Gasteiger partial charge in [-0.2, -0.15) is 0 Å². The zero-order chi connectivity index (χ0) is 32.4. The number of rotatable bonds is 7. The van der Waals surface area contributed by atoms with E-state index >= 15 is 0 Å². The standard InChI is InChI=1S/C35H35N3O7S2/c1-2-44-34(42)18-10-12-19(13-11-18)38-32(40)27-21-16-22(28(27)33(38)41)29-26(21)25(30-31(46-29)36-35(43)47-30)20-8-4-5-9-23(20)45-17-24(39)37-14-6-3-7-15-37/h4-5,8-13,21-22,25-29H,2-3,6-7,14-17H2,1H3,(H,36,43)/t21-,22-,25-,26?,27?,28?,29?/m1/s1. The van der Waals surface area contributed by atoms with Gasteiger partial charge in [0.25, 0.3) is 5.91 Å².